The summed E-state index contributed by atoms with van der Waals surface area (Å²) in [7, 11) is -4.25. The molecule has 0 atom stereocenters. The van der Waals surface area contributed by atoms with Gasteiger partial charge in [-0.15, -0.1) is 0 Å². The van der Waals surface area contributed by atoms with E-state index in [0.29, 0.717) is 25.3 Å². The van der Waals surface area contributed by atoms with Crippen LogP contribution in [0.1, 0.15) is 13.8 Å². The zero-order valence-corrected chi connectivity index (χ0v) is 19.6. The molecule has 0 fully saturated rings. The Morgan fingerprint density at radius 2 is 1.79 bits per heavy atom. The standard InChI is InChI=1S/C20H15ClN6O4S2/c1-11(28)24-20-25-15-10-23-18(26-19(15)32-20)13-8-16(17(21)22-9-13)27(12(2)29)33(30,31)14-6-4-3-5-7-14/h3-10H,1-2H3,(H,24,25,28). The number of sulfonamides is 1. The highest BCUT2D eigenvalue weighted by Crippen LogP contribution is 2.33. The van der Waals surface area contributed by atoms with E-state index in [1.54, 1.807) is 18.2 Å². The number of carbonyl (C=O) groups is 2. The zero-order valence-electron chi connectivity index (χ0n) is 17.2. The van der Waals surface area contributed by atoms with Gasteiger partial charge in [0.2, 0.25) is 11.8 Å². The number of hydrogen-bond donors (Lipinski definition) is 1. The minimum atomic E-state index is -4.25. The first-order chi connectivity index (χ1) is 15.7. The van der Waals surface area contributed by atoms with Crippen molar-refractivity contribution in [2.45, 2.75) is 18.7 Å². The normalized spacial score (nSPS) is 11.4. The van der Waals surface area contributed by atoms with E-state index in [0.717, 1.165) is 18.3 Å². The minimum Gasteiger partial charge on any atom is -0.302 e. The fourth-order valence-electron chi connectivity index (χ4n) is 2.95. The summed E-state index contributed by atoms with van der Waals surface area (Å²) in [4.78, 5) is 41.1. The second-order valence-electron chi connectivity index (χ2n) is 6.72. The topological polar surface area (TPSA) is 135 Å². The van der Waals surface area contributed by atoms with Crippen LogP contribution in [0.2, 0.25) is 5.15 Å². The molecule has 0 saturated heterocycles. The Labute approximate surface area is 197 Å². The van der Waals surface area contributed by atoms with Crippen molar-refractivity contribution in [3.8, 4) is 11.4 Å². The molecule has 0 aliphatic carbocycles. The van der Waals surface area contributed by atoms with Crippen molar-refractivity contribution in [1.82, 2.24) is 19.9 Å². The van der Waals surface area contributed by atoms with Gasteiger partial charge in [0.15, 0.2) is 16.1 Å². The molecule has 2 amide bonds. The fourth-order valence-corrected chi connectivity index (χ4v) is 5.49. The van der Waals surface area contributed by atoms with Gasteiger partial charge in [-0.1, -0.05) is 41.1 Å². The van der Waals surface area contributed by atoms with E-state index in [4.69, 9.17) is 11.6 Å². The maximum Gasteiger partial charge on any atom is 0.270 e. The summed E-state index contributed by atoms with van der Waals surface area (Å²) < 4.78 is 27.0. The molecule has 13 heteroatoms. The number of benzene rings is 1. The van der Waals surface area contributed by atoms with E-state index in [2.05, 4.69) is 25.3 Å². The monoisotopic (exact) mass is 502 g/mol. The number of nitrogens with zero attached hydrogens (tertiary/aromatic N) is 5. The zero-order chi connectivity index (χ0) is 23.8. The maximum atomic E-state index is 13.2. The predicted octanol–water partition coefficient (Wildman–Crippen LogP) is 3.50. The van der Waals surface area contributed by atoms with Crippen LogP contribution in [-0.2, 0) is 19.6 Å². The molecule has 0 spiro atoms. The number of thiazole rings is 1. The predicted molar refractivity (Wildman–Crippen MR) is 125 cm³/mol. The summed E-state index contributed by atoms with van der Waals surface area (Å²) in [5.41, 5.74) is 0.685. The number of aromatic nitrogens is 4. The van der Waals surface area contributed by atoms with Gasteiger partial charge in [-0.3, -0.25) is 9.59 Å². The van der Waals surface area contributed by atoms with Crippen LogP contribution in [0.4, 0.5) is 10.8 Å². The number of hydrogen-bond acceptors (Lipinski definition) is 9. The Hall–Kier alpha value is -3.48. The first-order valence-electron chi connectivity index (χ1n) is 9.35. The summed E-state index contributed by atoms with van der Waals surface area (Å²) in [6.07, 6.45) is 2.84. The second kappa shape index (κ2) is 8.81. The van der Waals surface area contributed by atoms with E-state index < -0.39 is 15.9 Å². The van der Waals surface area contributed by atoms with Crippen molar-refractivity contribution < 1.29 is 18.0 Å². The molecular formula is C20H15ClN6O4S2. The SMILES string of the molecule is CC(=O)Nc1nc2cnc(-c3cnc(Cl)c(N(C(C)=O)S(=O)(=O)c4ccccc4)c3)nc2s1. The lowest BCUT2D eigenvalue weighted by atomic mass is 10.2. The Morgan fingerprint density at radius 1 is 1.06 bits per heavy atom. The molecule has 4 aromatic rings. The summed E-state index contributed by atoms with van der Waals surface area (Å²) in [6.45, 7) is 2.49. The van der Waals surface area contributed by atoms with Crippen molar-refractivity contribution >= 4 is 65.9 Å². The van der Waals surface area contributed by atoms with E-state index in [9.17, 15) is 18.0 Å². The summed E-state index contributed by atoms with van der Waals surface area (Å²) in [5, 5.41) is 2.78. The van der Waals surface area contributed by atoms with Crippen LogP contribution in [0, 0.1) is 0 Å². The van der Waals surface area contributed by atoms with Crippen molar-refractivity contribution in [3.63, 3.8) is 0 Å². The number of pyridine rings is 1. The van der Waals surface area contributed by atoms with E-state index in [1.165, 1.54) is 37.5 Å². The molecule has 0 aliphatic rings. The smallest absolute Gasteiger partial charge is 0.270 e. The van der Waals surface area contributed by atoms with Gasteiger partial charge in [-0.25, -0.2) is 28.4 Å². The molecule has 0 unspecified atom stereocenters. The molecule has 0 aliphatic heterocycles. The Kier molecular flexibility index (Phi) is 6.06. The van der Waals surface area contributed by atoms with Crippen molar-refractivity contribution in [3.05, 3.63) is 53.9 Å². The van der Waals surface area contributed by atoms with Gasteiger partial charge in [-0.2, -0.15) is 4.31 Å². The van der Waals surface area contributed by atoms with E-state index in [-0.39, 0.29) is 27.5 Å². The lowest BCUT2D eigenvalue weighted by molar-refractivity contribution is -0.115. The highest BCUT2D eigenvalue weighted by atomic mass is 35.5. The highest BCUT2D eigenvalue weighted by molar-refractivity contribution is 7.93. The first kappa shape index (κ1) is 22.7. The molecule has 3 heterocycles. The van der Waals surface area contributed by atoms with Crippen LogP contribution in [0.3, 0.4) is 0 Å². The van der Waals surface area contributed by atoms with Crippen LogP contribution in [0.15, 0.2) is 53.7 Å². The average Bonchev–Trinajstić information content (AvgIpc) is 3.16. The first-order valence-corrected chi connectivity index (χ1v) is 12.0. The third-order valence-electron chi connectivity index (χ3n) is 4.30. The number of nitrogens with one attached hydrogen (secondary N) is 1. The quantitative estimate of drug-likeness (QED) is 0.409. The van der Waals surface area contributed by atoms with Gasteiger partial charge in [0.25, 0.3) is 10.0 Å². The number of anilines is 2. The molecule has 4 rings (SSSR count). The van der Waals surface area contributed by atoms with Crippen molar-refractivity contribution in [1.29, 1.82) is 0 Å². The number of rotatable bonds is 5. The minimum absolute atomic E-state index is 0.0745. The Bertz CT molecular complexity index is 1490. The molecule has 0 saturated carbocycles. The molecule has 1 N–H and O–H groups in total. The summed E-state index contributed by atoms with van der Waals surface area (Å²) >= 11 is 7.36. The molecule has 1 aromatic carbocycles. The highest BCUT2D eigenvalue weighted by Gasteiger charge is 2.31. The van der Waals surface area contributed by atoms with Crippen molar-refractivity contribution in [2.75, 3.05) is 9.62 Å². The van der Waals surface area contributed by atoms with Crippen LogP contribution in [0.5, 0.6) is 0 Å². The Morgan fingerprint density at radius 3 is 2.45 bits per heavy atom. The van der Waals surface area contributed by atoms with E-state index in [1.807, 2.05) is 0 Å². The van der Waals surface area contributed by atoms with Crippen LogP contribution in [-0.4, -0.2) is 40.2 Å². The molecular weight excluding hydrogens is 488 g/mol. The maximum absolute atomic E-state index is 13.2. The number of halogens is 1. The third-order valence-corrected chi connectivity index (χ3v) is 7.27. The Balaban J connectivity index is 1.80. The lowest BCUT2D eigenvalue weighted by Gasteiger charge is -2.22. The number of amides is 2. The molecule has 10 nitrogen and oxygen atoms in total. The second-order valence-corrected chi connectivity index (χ2v) is 9.84. The van der Waals surface area contributed by atoms with Gasteiger partial charge < -0.3 is 5.32 Å². The third kappa shape index (κ3) is 4.53. The van der Waals surface area contributed by atoms with Gasteiger partial charge >= 0.3 is 0 Å². The largest absolute Gasteiger partial charge is 0.302 e. The van der Waals surface area contributed by atoms with Crippen molar-refractivity contribution in [2.24, 2.45) is 0 Å². The van der Waals surface area contributed by atoms with Crippen LogP contribution >= 0.6 is 22.9 Å². The molecule has 0 radical (unpaired) electrons. The lowest BCUT2D eigenvalue weighted by Crippen LogP contribution is -2.35. The fraction of sp³-hybridized carbons (Fsp3) is 0.100. The summed E-state index contributed by atoms with van der Waals surface area (Å²) in [5.74, 6) is -0.817. The number of fused-ring (bicyclic) bond motifs is 1. The molecule has 168 valence electrons. The van der Waals surface area contributed by atoms with Gasteiger partial charge in [0.05, 0.1) is 16.8 Å². The van der Waals surface area contributed by atoms with Gasteiger partial charge in [0.1, 0.15) is 10.3 Å². The van der Waals surface area contributed by atoms with E-state index >= 15 is 0 Å². The molecule has 0 bridgehead atoms. The van der Waals surface area contributed by atoms with Gasteiger partial charge in [0, 0.05) is 25.6 Å². The van der Waals surface area contributed by atoms with Crippen LogP contribution < -0.4 is 9.62 Å². The molecule has 33 heavy (non-hydrogen) atoms. The average molecular weight is 503 g/mol. The summed E-state index contributed by atoms with van der Waals surface area (Å²) in [6, 6.07) is 8.91. The van der Waals surface area contributed by atoms with Crippen LogP contribution in [0.25, 0.3) is 21.7 Å². The van der Waals surface area contributed by atoms with Gasteiger partial charge in [-0.05, 0) is 18.2 Å². The molecule has 3 aromatic heterocycles. The number of carbonyl (C=O) groups excluding carboxylic acids is 2.